The van der Waals surface area contributed by atoms with Gasteiger partial charge in [0.1, 0.15) is 5.75 Å². The van der Waals surface area contributed by atoms with Crippen molar-refractivity contribution < 1.29 is 5.11 Å². The van der Waals surface area contributed by atoms with E-state index in [4.69, 9.17) is 0 Å². The summed E-state index contributed by atoms with van der Waals surface area (Å²) in [5.74, 6) is 0.491. The van der Waals surface area contributed by atoms with E-state index in [1.165, 1.54) is 16.1 Å². The second-order valence-corrected chi connectivity index (χ2v) is 5.17. The quantitative estimate of drug-likeness (QED) is 0.840. The van der Waals surface area contributed by atoms with Crippen molar-refractivity contribution in [1.82, 2.24) is 5.01 Å². The van der Waals surface area contributed by atoms with Gasteiger partial charge in [-0.1, -0.05) is 30.3 Å². The molecule has 20 heavy (non-hydrogen) atoms. The molecule has 0 saturated carbocycles. The minimum Gasteiger partial charge on any atom is -0.508 e. The molecular weight excluding hydrogens is 248 g/mol. The van der Waals surface area contributed by atoms with Crippen LogP contribution in [0.2, 0.25) is 0 Å². The lowest BCUT2D eigenvalue weighted by molar-refractivity contribution is 0.475. The molecule has 1 atom stereocenters. The van der Waals surface area contributed by atoms with Gasteiger partial charge in [-0.2, -0.15) is 5.10 Å². The SMILES string of the molecule is CN1N=C(c2ccc(O)cc2)C2C=c3ccccc3=C21. The van der Waals surface area contributed by atoms with Crippen LogP contribution < -0.4 is 10.4 Å². The van der Waals surface area contributed by atoms with Crippen molar-refractivity contribution in [2.24, 2.45) is 11.0 Å². The van der Waals surface area contributed by atoms with Crippen molar-refractivity contribution in [2.75, 3.05) is 7.05 Å². The van der Waals surface area contributed by atoms with Crippen LogP contribution >= 0.6 is 0 Å². The van der Waals surface area contributed by atoms with E-state index in [2.05, 4.69) is 35.4 Å². The Morgan fingerprint density at radius 3 is 2.60 bits per heavy atom. The summed E-state index contributed by atoms with van der Waals surface area (Å²) in [6.45, 7) is 0. The highest BCUT2D eigenvalue weighted by Crippen LogP contribution is 2.31. The van der Waals surface area contributed by atoms with Gasteiger partial charge in [0.2, 0.25) is 0 Å². The van der Waals surface area contributed by atoms with Crippen LogP contribution in [0.25, 0.3) is 11.8 Å². The van der Waals surface area contributed by atoms with Crippen LogP contribution in [-0.2, 0) is 0 Å². The maximum absolute atomic E-state index is 9.42. The predicted molar refractivity (Wildman–Crippen MR) is 79.5 cm³/mol. The number of hydrogen-bond donors (Lipinski definition) is 1. The van der Waals surface area contributed by atoms with Crippen LogP contribution in [0.15, 0.2) is 53.6 Å². The highest BCUT2D eigenvalue weighted by Gasteiger charge is 2.32. The summed E-state index contributed by atoms with van der Waals surface area (Å²) >= 11 is 0. The van der Waals surface area contributed by atoms with E-state index < -0.39 is 0 Å². The molecule has 0 radical (unpaired) electrons. The van der Waals surface area contributed by atoms with E-state index in [1.54, 1.807) is 12.1 Å². The van der Waals surface area contributed by atoms with Crippen LogP contribution in [0, 0.1) is 5.92 Å². The molecule has 1 aliphatic heterocycles. The fraction of sp³-hybridized carbons (Fsp3) is 0.118. The Hall–Kier alpha value is -2.55. The van der Waals surface area contributed by atoms with E-state index in [0.717, 1.165) is 11.3 Å². The molecule has 0 saturated heterocycles. The van der Waals surface area contributed by atoms with Gasteiger partial charge >= 0.3 is 0 Å². The second-order valence-electron chi connectivity index (χ2n) is 5.17. The van der Waals surface area contributed by atoms with Gasteiger partial charge in [0.25, 0.3) is 0 Å². The van der Waals surface area contributed by atoms with Gasteiger partial charge in [-0.15, -0.1) is 0 Å². The smallest absolute Gasteiger partial charge is 0.115 e. The van der Waals surface area contributed by atoms with Gasteiger partial charge in [-0.25, -0.2) is 0 Å². The summed E-state index contributed by atoms with van der Waals surface area (Å²) in [4.78, 5) is 0. The molecule has 1 heterocycles. The average molecular weight is 262 g/mol. The zero-order valence-electron chi connectivity index (χ0n) is 11.1. The molecule has 0 spiro atoms. The van der Waals surface area contributed by atoms with Crippen LogP contribution in [-0.4, -0.2) is 22.9 Å². The first-order valence-corrected chi connectivity index (χ1v) is 6.67. The highest BCUT2D eigenvalue weighted by molar-refractivity contribution is 6.12. The van der Waals surface area contributed by atoms with Crippen molar-refractivity contribution in [2.45, 2.75) is 0 Å². The van der Waals surface area contributed by atoms with E-state index >= 15 is 0 Å². The third-order valence-corrected chi connectivity index (χ3v) is 3.94. The lowest BCUT2D eigenvalue weighted by Crippen LogP contribution is -2.25. The Balaban J connectivity index is 1.88. The van der Waals surface area contributed by atoms with Crippen LogP contribution in [0.3, 0.4) is 0 Å². The first kappa shape index (κ1) is 11.3. The van der Waals surface area contributed by atoms with Crippen LogP contribution in [0.5, 0.6) is 5.75 Å². The lowest BCUT2D eigenvalue weighted by Gasteiger charge is -2.10. The normalized spacial score (nSPS) is 19.4. The Labute approximate surface area is 116 Å². The van der Waals surface area contributed by atoms with Gasteiger partial charge in [-0.3, -0.25) is 5.01 Å². The number of aromatic hydroxyl groups is 1. The van der Waals surface area contributed by atoms with Crippen molar-refractivity contribution in [1.29, 1.82) is 0 Å². The molecule has 2 aromatic carbocycles. The summed E-state index contributed by atoms with van der Waals surface area (Å²) in [6.07, 6.45) is 2.26. The van der Waals surface area contributed by atoms with Crippen molar-refractivity contribution in [3.05, 3.63) is 64.5 Å². The number of hydrogen-bond acceptors (Lipinski definition) is 3. The topological polar surface area (TPSA) is 35.8 Å². The highest BCUT2D eigenvalue weighted by atomic mass is 16.3. The first-order valence-electron chi connectivity index (χ1n) is 6.67. The molecule has 0 aromatic heterocycles. The van der Waals surface area contributed by atoms with Gasteiger partial charge in [0.15, 0.2) is 0 Å². The molecule has 3 heteroatoms. The Morgan fingerprint density at radius 1 is 1.05 bits per heavy atom. The zero-order chi connectivity index (χ0) is 13.7. The monoisotopic (exact) mass is 262 g/mol. The third kappa shape index (κ3) is 1.50. The Morgan fingerprint density at radius 2 is 1.80 bits per heavy atom. The summed E-state index contributed by atoms with van der Waals surface area (Å²) in [7, 11) is 1.99. The van der Waals surface area contributed by atoms with Gasteiger partial charge in [-0.05, 0) is 35.0 Å². The molecule has 0 amide bonds. The maximum Gasteiger partial charge on any atom is 0.115 e. The fourth-order valence-electron chi connectivity index (χ4n) is 3.03. The molecule has 3 nitrogen and oxygen atoms in total. The number of phenolic OH excluding ortho intramolecular Hbond substituents is 1. The number of hydrazone groups is 1. The standard InChI is InChI=1S/C17H14N2O/c1-19-17-14-5-3-2-4-12(14)10-15(17)16(18-19)11-6-8-13(20)9-7-11/h2-10,15,20H,1H3. The van der Waals surface area contributed by atoms with Crippen molar-refractivity contribution in [3.8, 4) is 5.75 Å². The van der Waals surface area contributed by atoms with E-state index in [0.29, 0.717) is 0 Å². The van der Waals surface area contributed by atoms with Crippen LogP contribution in [0.1, 0.15) is 5.56 Å². The van der Waals surface area contributed by atoms with E-state index in [1.807, 2.05) is 24.2 Å². The summed E-state index contributed by atoms with van der Waals surface area (Å²) < 4.78 is 0. The summed E-state index contributed by atoms with van der Waals surface area (Å²) in [6, 6.07) is 15.7. The molecule has 2 aromatic rings. The minimum absolute atomic E-state index is 0.210. The molecule has 1 N–H and O–H groups in total. The summed E-state index contributed by atoms with van der Waals surface area (Å²) in [5, 5.41) is 18.6. The van der Waals surface area contributed by atoms with E-state index in [9.17, 15) is 5.11 Å². The maximum atomic E-state index is 9.42. The first-order chi connectivity index (χ1) is 9.74. The largest absolute Gasteiger partial charge is 0.508 e. The Kier molecular flexibility index (Phi) is 2.24. The molecular formula is C17H14N2O. The molecule has 4 rings (SSSR count). The number of phenols is 1. The number of benzene rings is 2. The zero-order valence-corrected chi connectivity index (χ0v) is 11.1. The molecule has 1 aliphatic carbocycles. The van der Waals surface area contributed by atoms with Gasteiger partial charge in [0.05, 0.1) is 17.3 Å². The summed E-state index contributed by atoms with van der Waals surface area (Å²) in [5.41, 5.74) is 3.33. The van der Waals surface area contributed by atoms with Crippen molar-refractivity contribution >= 4 is 17.5 Å². The van der Waals surface area contributed by atoms with Gasteiger partial charge in [0, 0.05) is 12.3 Å². The van der Waals surface area contributed by atoms with E-state index in [-0.39, 0.29) is 11.7 Å². The van der Waals surface area contributed by atoms with Gasteiger partial charge < -0.3 is 5.11 Å². The Bertz CT molecular complexity index is 834. The predicted octanol–water partition coefficient (Wildman–Crippen LogP) is 1.26. The second kappa shape index (κ2) is 3.97. The third-order valence-electron chi connectivity index (χ3n) is 3.94. The number of nitrogens with zero attached hydrogens (tertiary/aromatic N) is 2. The minimum atomic E-state index is 0.210. The fourth-order valence-corrected chi connectivity index (χ4v) is 3.03. The van der Waals surface area contributed by atoms with Crippen molar-refractivity contribution in [3.63, 3.8) is 0 Å². The molecule has 98 valence electrons. The average Bonchev–Trinajstić information content (AvgIpc) is 2.98. The molecule has 1 unspecified atom stereocenters. The molecule has 0 bridgehead atoms. The molecule has 2 aliphatic rings. The van der Waals surface area contributed by atoms with Crippen LogP contribution in [0.4, 0.5) is 0 Å². The molecule has 0 fully saturated rings. The number of fused-ring (bicyclic) bond motifs is 2. The number of rotatable bonds is 1. The lowest BCUT2D eigenvalue weighted by atomic mass is 9.96.